The molecular weight excluding hydrogens is 391 g/mol. The van der Waals surface area contributed by atoms with E-state index in [1.54, 1.807) is 5.38 Å². The molecule has 2 aromatic rings. The minimum Gasteiger partial charge on any atom is -0.393 e. The van der Waals surface area contributed by atoms with Crippen molar-refractivity contribution in [3.63, 3.8) is 0 Å². The number of thiophene rings is 1. The molecule has 0 saturated carbocycles. The van der Waals surface area contributed by atoms with Crippen molar-refractivity contribution >= 4 is 44.7 Å². The lowest BCUT2D eigenvalue weighted by Crippen LogP contribution is -2.54. The average molecular weight is 407 g/mol. The van der Waals surface area contributed by atoms with Gasteiger partial charge >= 0.3 is 10.2 Å². The summed E-state index contributed by atoms with van der Waals surface area (Å²) in [6.45, 7) is 1.98. The van der Waals surface area contributed by atoms with Crippen molar-refractivity contribution in [1.29, 1.82) is 0 Å². The third kappa shape index (κ3) is 4.30. The fourth-order valence-electron chi connectivity index (χ4n) is 2.09. The Hall–Kier alpha value is -1.68. The Morgan fingerprint density at radius 1 is 1.44 bits per heavy atom. The lowest BCUT2D eigenvalue weighted by atomic mass is 10.2. The molecule has 136 valence electrons. The first-order valence-corrected chi connectivity index (χ1v) is 9.80. The summed E-state index contributed by atoms with van der Waals surface area (Å²) in [7, 11) is -4.48. The first-order chi connectivity index (χ1) is 11.6. The summed E-state index contributed by atoms with van der Waals surface area (Å²) in [5.41, 5.74) is 0.368. The number of rotatable bonds is 6. The van der Waals surface area contributed by atoms with E-state index in [0.29, 0.717) is 4.31 Å². The Morgan fingerprint density at radius 3 is 2.64 bits per heavy atom. The van der Waals surface area contributed by atoms with E-state index in [9.17, 15) is 22.7 Å². The number of benzene rings is 1. The van der Waals surface area contributed by atoms with E-state index in [2.05, 4.69) is 0 Å². The van der Waals surface area contributed by atoms with Crippen molar-refractivity contribution in [2.24, 2.45) is 0 Å². The van der Waals surface area contributed by atoms with Crippen molar-refractivity contribution in [2.75, 3.05) is 10.9 Å². The number of amides is 1. The Labute approximate surface area is 154 Å². The number of alkyl halides is 1. The fraction of sp³-hybridized carbons (Fsp3) is 0.267. The average Bonchev–Trinajstić information content (AvgIpc) is 3.04. The van der Waals surface area contributed by atoms with E-state index >= 15 is 0 Å². The van der Waals surface area contributed by atoms with Crippen LogP contribution in [0.4, 0.5) is 10.1 Å². The molecule has 6 nitrogen and oxygen atoms in total. The van der Waals surface area contributed by atoms with Gasteiger partial charge in [-0.25, -0.2) is 13.4 Å². The van der Waals surface area contributed by atoms with Gasteiger partial charge in [-0.3, -0.25) is 4.79 Å². The molecule has 1 heterocycles. The van der Waals surface area contributed by atoms with E-state index in [4.69, 9.17) is 11.6 Å². The lowest BCUT2D eigenvalue weighted by Gasteiger charge is -2.35. The number of hydrogen-bond donors (Lipinski definition) is 2. The molecule has 0 aliphatic rings. The maximum absolute atomic E-state index is 13.5. The zero-order chi connectivity index (χ0) is 18.8. The quantitative estimate of drug-likeness (QED) is 0.570. The van der Waals surface area contributed by atoms with Crippen molar-refractivity contribution in [3.05, 3.63) is 52.0 Å². The van der Waals surface area contributed by atoms with Crippen LogP contribution in [0.1, 0.15) is 22.8 Å². The number of aryl methyl sites for hydroxylation is 1. The predicted molar refractivity (Wildman–Crippen MR) is 95.7 cm³/mol. The van der Waals surface area contributed by atoms with Crippen molar-refractivity contribution in [3.8, 4) is 0 Å². The van der Waals surface area contributed by atoms with Crippen LogP contribution in [0.2, 0.25) is 0 Å². The molecule has 0 spiro atoms. The van der Waals surface area contributed by atoms with Crippen LogP contribution in [0.3, 0.4) is 0 Å². The van der Waals surface area contributed by atoms with Crippen molar-refractivity contribution in [2.45, 2.75) is 18.8 Å². The van der Waals surface area contributed by atoms with E-state index < -0.39 is 33.5 Å². The molecule has 1 atom stereocenters. The van der Waals surface area contributed by atoms with Crippen LogP contribution in [0, 0.1) is 12.7 Å². The first kappa shape index (κ1) is 19.6. The van der Waals surface area contributed by atoms with Crippen molar-refractivity contribution < 1.29 is 22.7 Å². The number of nitrogens with one attached hydrogen (secondary N) is 1. The van der Waals surface area contributed by atoms with E-state index in [1.165, 1.54) is 48.8 Å². The topological polar surface area (TPSA) is 86.7 Å². The van der Waals surface area contributed by atoms with Gasteiger partial charge in [0.1, 0.15) is 5.82 Å². The summed E-state index contributed by atoms with van der Waals surface area (Å²) in [6, 6.07) is 5.01. The van der Waals surface area contributed by atoms with Crippen LogP contribution in [0.25, 0.3) is 0 Å². The highest BCUT2D eigenvalue weighted by Gasteiger charge is 2.39. The molecule has 0 aliphatic heterocycles. The minimum absolute atomic E-state index is 0.0102. The van der Waals surface area contributed by atoms with Crippen LogP contribution in [0.15, 0.2) is 35.0 Å². The van der Waals surface area contributed by atoms with Crippen molar-refractivity contribution in [1.82, 2.24) is 4.72 Å². The summed E-state index contributed by atoms with van der Waals surface area (Å²) in [5, 5.41) is 12.6. The monoisotopic (exact) mass is 406 g/mol. The Morgan fingerprint density at radius 2 is 2.12 bits per heavy atom. The standard InChI is InChI=1S/C15H16ClFN2O4S2/c1-10-7-12(3-4-13(10)17)19(15(2,16)9-20)25(22,23)18-14(21)11-5-6-24-8-11/h3-8,20H,9H2,1-2H3,(H,18,21)/t15-/m0/s1. The number of hydrogen-bond acceptors (Lipinski definition) is 5. The second kappa shape index (κ2) is 7.28. The second-order valence-corrected chi connectivity index (χ2v) is 8.56. The molecule has 0 unspecified atom stereocenters. The molecule has 1 aromatic carbocycles. The zero-order valence-corrected chi connectivity index (χ0v) is 15.8. The van der Waals surface area contributed by atoms with E-state index in [0.717, 1.165) is 6.07 Å². The molecule has 0 saturated heterocycles. The molecule has 0 fully saturated rings. The fourth-order valence-corrected chi connectivity index (χ4v) is 4.49. The summed E-state index contributed by atoms with van der Waals surface area (Å²) < 4.78 is 41.6. The Kier molecular flexibility index (Phi) is 5.72. The van der Waals surface area contributed by atoms with E-state index in [-0.39, 0.29) is 16.8 Å². The number of nitrogens with zero attached hydrogens (tertiary/aromatic N) is 1. The SMILES string of the molecule is Cc1cc(N([C@](C)(Cl)CO)S(=O)(=O)NC(=O)c2ccsc2)ccc1F. The van der Waals surface area contributed by atoms with Gasteiger partial charge in [0.25, 0.3) is 5.91 Å². The number of halogens is 2. The van der Waals surface area contributed by atoms with Crippen LogP contribution in [-0.4, -0.2) is 31.0 Å². The van der Waals surface area contributed by atoms with Gasteiger partial charge < -0.3 is 5.11 Å². The van der Waals surface area contributed by atoms with Gasteiger partial charge in [0.05, 0.1) is 17.9 Å². The van der Waals surface area contributed by atoms with Gasteiger partial charge in [-0.15, -0.1) is 0 Å². The Bertz CT molecular complexity index is 870. The van der Waals surface area contributed by atoms with Crippen LogP contribution >= 0.6 is 22.9 Å². The third-order valence-corrected chi connectivity index (χ3v) is 5.94. The molecule has 10 heteroatoms. The van der Waals surface area contributed by atoms with E-state index in [1.807, 2.05) is 4.72 Å². The summed E-state index contributed by atoms with van der Waals surface area (Å²) in [4.78, 5) is 10.3. The Balaban J connectivity index is 2.47. The molecule has 25 heavy (non-hydrogen) atoms. The number of aliphatic hydroxyl groups excluding tert-OH is 1. The number of aliphatic hydroxyl groups is 1. The number of anilines is 1. The predicted octanol–water partition coefficient (Wildman–Crippen LogP) is 2.62. The molecule has 1 amide bonds. The smallest absolute Gasteiger partial charge is 0.328 e. The molecular formula is C15H16ClFN2O4S2. The van der Waals surface area contributed by atoms with Crippen LogP contribution < -0.4 is 9.03 Å². The van der Waals surface area contributed by atoms with Gasteiger partial charge in [0, 0.05) is 5.38 Å². The molecule has 1 aromatic heterocycles. The second-order valence-electron chi connectivity index (χ2n) is 5.45. The first-order valence-electron chi connectivity index (χ1n) is 7.04. The highest BCUT2D eigenvalue weighted by atomic mass is 35.5. The summed E-state index contributed by atoms with van der Waals surface area (Å²) >= 11 is 7.40. The third-order valence-electron chi connectivity index (χ3n) is 3.33. The van der Waals surface area contributed by atoms with Gasteiger partial charge in [-0.1, -0.05) is 11.6 Å². The lowest BCUT2D eigenvalue weighted by molar-refractivity contribution is 0.0981. The molecule has 0 bridgehead atoms. The van der Waals surface area contributed by atoms with Gasteiger partial charge in [-0.05, 0) is 49.1 Å². The highest BCUT2D eigenvalue weighted by molar-refractivity contribution is 7.91. The molecule has 0 aliphatic carbocycles. The largest absolute Gasteiger partial charge is 0.393 e. The number of carbonyl (C=O) groups excluding carboxylic acids is 1. The normalized spacial score (nSPS) is 14.0. The van der Waals surface area contributed by atoms with Gasteiger partial charge in [0.2, 0.25) is 0 Å². The van der Waals surface area contributed by atoms with Gasteiger partial charge in [0.15, 0.2) is 5.00 Å². The summed E-state index contributed by atoms with van der Waals surface area (Å²) in [6.07, 6.45) is 0. The maximum Gasteiger partial charge on any atom is 0.328 e. The van der Waals surface area contributed by atoms with Crippen LogP contribution in [0.5, 0.6) is 0 Å². The molecule has 2 N–H and O–H groups in total. The van der Waals surface area contributed by atoms with Gasteiger partial charge in [-0.2, -0.15) is 19.8 Å². The maximum atomic E-state index is 13.5. The highest BCUT2D eigenvalue weighted by Crippen LogP contribution is 2.31. The molecule has 2 rings (SSSR count). The van der Waals surface area contributed by atoms with Crippen LogP contribution in [-0.2, 0) is 10.2 Å². The number of carbonyl (C=O) groups is 1. The molecule has 0 radical (unpaired) electrons. The summed E-state index contributed by atoms with van der Waals surface area (Å²) in [5.74, 6) is -1.36. The zero-order valence-electron chi connectivity index (χ0n) is 13.4. The minimum atomic E-state index is -4.48.